The zero-order chi connectivity index (χ0) is 17.1. The second-order valence-electron chi connectivity index (χ2n) is 4.88. The molecule has 3 N–H and O–H groups in total. The van der Waals surface area contributed by atoms with Crippen molar-refractivity contribution in [2.24, 2.45) is 0 Å². The molecular formula is C12H20N4O5S. The molecule has 1 unspecified atom stereocenters. The van der Waals surface area contributed by atoms with Crippen LogP contribution in [0.5, 0.6) is 0 Å². The lowest BCUT2D eigenvalue weighted by atomic mass is 10.3. The van der Waals surface area contributed by atoms with Gasteiger partial charge in [0.2, 0.25) is 15.9 Å². The number of aryl methyl sites for hydroxylation is 2. The van der Waals surface area contributed by atoms with Crippen molar-refractivity contribution in [3.8, 4) is 0 Å². The van der Waals surface area contributed by atoms with Crippen LogP contribution in [0.2, 0.25) is 0 Å². The van der Waals surface area contributed by atoms with Gasteiger partial charge >= 0.3 is 5.97 Å². The first-order valence-electron chi connectivity index (χ1n) is 6.59. The van der Waals surface area contributed by atoms with Crippen LogP contribution >= 0.6 is 0 Å². The molecule has 0 fully saturated rings. The lowest BCUT2D eigenvalue weighted by Gasteiger charge is -2.25. The van der Waals surface area contributed by atoms with Gasteiger partial charge in [0.1, 0.15) is 10.9 Å². The van der Waals surface area contributed by atoms with Crippen molar-refractivity contribution in [2.45, 2.75) is 38.6 Å². The molecule has 22 heavy (non-hydrogen) atoms. The largest absolute Gasteiger partial charge is 0.480 e. The molecule has 1 aromatic rings. The Labute approximate surface area is 128 Å². The summed E-state index contributed by atoms with van der Waals surface area (Å²) in [4.78, 5) is 22.1. The Morgan fingerprint density at radius 3 is 2.41 bits per heavy atom. The molecule has 124 valence electrons. The molecule has 0 bridgehead atoms. The molecule has 9 nitrogen and oxygen atoms in total. The highest BCUT2D eigenvalue weighted by Gasteiger charge is 2.35. The van der Waals surface area contributed by atoms with Crippen LogP contribution in [0.1, 0.15) is 25.2 Å². The van der Waals surface area contributed by atoms with Gasteiger partial charge in [-0.05, 0) is 20.8 Å². The number of carboxylic acids is 1. The molecule has 0 aliphatic rings. The van der Waals surface area contributed by atoms with Crippen LogP contribution < -0.4 is 5.32 Å². The Kier molecular flexibility index (Phi) is 5.66. The highest BCUT2D eigenvalue weighted by Crippen LogP contribution is 2.23. The normalized spacial score (nSPS) is 13.1. The third-order valence-electron chi connectivity index (χ3n) is 3.12. The number of aromatic nitrogens is 2. The summed E-state index contributed by atoms with van der Waals surface area (Å²) >= 11 is 0. The van der Waals surface area contributed by atoms with Gasteiger partial charge in [0.05, 0.1) is 11.4 Å². The summed E-state index contributed by atoms with van der Waals surface area (Å²) in [6.45, 7) is 5.50. The molecule has 0 saturated carbocycles. The van der Waals surface area contributed by atoms with E-state index in [4.69, 9.17) is 5.11 Å². The molecule has 1 aromatic heterocycles. The molecule has 0 aliphatic heterocycles. The minimum absolute atomic E-state index is 0.0160. The van der Waals surface area contributed by atoms with Crippen molar-refractivity contribution >= 4 is 21.9 Å². The number of carbonyl (C=O) groups excluding carboxylic acids is 1. The maximum Gasteiger partial charge on any atom is 0.321 e. The van der Waals surface area contributed by atoms with Gasteiger partial charge < -0.3 is 10.4 Å². The molecule has 10 heteroatoms. The fourth-order valence-corrected chi connectivity index (χ4v) is 3.95. The number of hydrogen-bond acceptors (Lipinski definition) is 5. The van der Waals surface area contributed by atoms with E-state index in [1.807, 2.05) is 0 Å². The first kappa shape index (κ1) is 18.1. The number of carbonyl (C=O) groups is 2. The zero-order valence-electron chi connectivity index (χ0n) is 12.9. The molecule has 0 spiro atoms. The SMILES string of the molecule is CC(=O)NCCN(C(C)C(=O)O)S(=O)(=O)c1c(C)n[nH]c1C. The van der Waals surface area contributed by atoms with Gasteiger partial charge in [-0.15, -0.1) is 0 Å². The van der Waals surface area contributed by atoms with Crippen LogP contribution in [0, 0.1) is 13.8 Å². The molecule has 1 amide bonds. The molecule has 0 aromatic carbocycles. The van der Waals surface area contributed by atoms with E-state index in [1.54, 1.807) is 6.92 Å². The maximum atomic E-state index is 12.7. The molecule has 0 radical (unpaired) electrons. The van der Waals surface area contributed by atoms with Crippen molar-refractivity contribution in [1.29, 1.82) is 0 Å². The number of hydrogen-bond donors (Lipinski definition) is 3. The average molecular weight is 332 g/mol. The number of sulfonamides is 1. The van der Waals surface area contributed by atoms with Gasteiger partial charge in [-0.2, -0.15) is 9.40 Å². The van der Waals surface area contributed by atoms with Crippen molar-refractivity contribution < 1.29 is 23.1 Å². The summed E-state index contributed by atoms with van der Waals surface area (Å²) in [7, 11) is -4.05. The third-order valence-corrected chi connectivity index (χ3v) is 5.36. The Morgan fingerprint density at radius 2 is 2.00 bits per heavy atom. The predicted molar refractivity (Wildman–Crippen MR) is 77.7 cm³/mol. The Balaban J connectivity index is 3.19. The van der Waals surface area contributed by atoms with Crippen LogP contribution in [0.3, 0.4) is 0 Å². The number of nitrogens with zero attached hydrogens (tertiary/aromatic N) is 2. The zero-order valence-corrected chi connectivity index (χ0v) is 13.7. The van der Waals surface area contributed by atoms with Crippen molar-refractivity contribution in [1.82, 2.24) is 19.8 Å². The quantitative estimate of drug-likeness (QED) is 0.624. The molecule has 0 aliphatic carbocycles. The summed E-state index contributed by atoms with van der Waals surface area (Å²) in [6, 6.07) is -1.27. The van der Waals surface area contributed by atoms with E-state index in [2.05, 4.69) is 15.5 Å². The van der Waals surface area contributed by atoms with Crippen LogP contribution in [0.25, 0.3) is 0 Å². The van der Waals surface area contributed by atoms with Gasteiger partial charge in [-0.3, -0.25) is 14.7 Å². The summed E-state index contributed by atoms with van der Waals surface area (Å²) < 4.78 is 26.3. The molecule has 1 heterocycles. The topological polar surface area (TPSA) is 132 Å². The number of aromatic amines is 1. The third kappa shape index (κ3) is 3.83. The van der Waals surface area contributed by atoms with Crippen molar-refractivity contribution in [2.75, 3.05) is 13.1 Å². The average Bonchev–Trinajstić information content (AvgIpc) is 2.73. The smallest absolute Gasteiger partial charge is 0.321 e. The molecule has 1 rings (SSSR count). The lowest BCUT2D eigenvalue weighted by Crippen LogP contribution is -2.46. The summed E-state index contributed by atoms with van der Waals surface area (Å²) in [5.74, 6) is -1.60. The van der Waals surface area contributed by atoms with E-state index in [1.165, 1.54) is 20.8 Å². The van der Waals surface area contributed by atoms with E-state index in [0.29, 0.717) is 5.69 Å². The van der Waals surface area contributed by atoms with E-state index >= 15 is 0 Å². The Bertz CT molecular complexity index is 648. The van der Waals surface area contributed by atoms with Crippen LogP contribution in [0.15, 0.2) is 4.90 Å². The van der Waals surface area contributed by atoms with Crippen LogP contribution in [0.4, 0.5) is 0 Å². The van der Waals surface area contributed by atoms with Gasteiger partial charge in [-0.1, -0.05) is 0 Å². The number of rotatable bonds is 7. The monoisotopic (exact) mass is 332 g/mol. The van der Waals surface area contributed by atoms with E-state index in [0.717, 1.165) is 4.31 Å². The minimum atomic E-state index is -4.05. The van der Waals surface area contributed by atoms with Crippen molar-refractivity contribution in [3.05, 3.63) is 11.4 Å². The first-order chi connectivity index (χ1) is 10.1. The maximum absolute atomic E-state index is 12.7. The Hall–Kier alpha value is -1.94. The minimum Gasteiger partial charge on any atom is -0.480 e. The molecule has 0 saturated heterocycles. The second kappa shape index (κ2) is 6.88. The highest BCUT2D eigenvalue weighted by atomic mass is 32.2. The predicted octanol–water partition coefficient (Wildman–Crippen LogP) is -0.374. The van der Waals surface area contributed by atoms with Gasteiger partial charge in [0.15, 0.2) is 0 Å². The number of carboxylic acid groups (broad SMARTS) is 1. The van der Waals surface area contributed by atoms with Crippen LogP contribution in [-0.2, 0) is 19.6 Å². The summed E-state index contributed by atoms with van der Waals surface area (Å²) in [5.41, 5.74) is 0.597. The fraction of sp³-hybridized carbons (Fsp3) is 0.583. The van der Waals surface area contributed by atoms with Crippen molar-refractivity contribution in [3.63, 3.8) is 0 Å². The van der Waals surface area contributed by atoms with Gasteiger partial charge in [0, 0.05) is 20.0 Å². The van der Waals surface area contributed by atoms with E-state index in [-0.39, 0.29) is 29.6 Å². The van der Waals surface area contributed by atoms with Gasteiger partial charge in [0.25, 0.3) is 0 Å². The lowest BCUT2D eigenvalue weighted by molar-refractivity contribution is -0.140. The van der Waals surface area contributed by atoms with Crippen LogP contribution in [-0.4, -0.2) is 59.0 Å². The number of H-pyrrole nitrogens is 1. The Morgan fingerprint density at radius 1 is 1.41 bits per heavy atom. The standard InChI is InChI=1S/C12H20N4O5S/c1-7-11(8(2)15-14-7)22(20,21)16(9(3)12(18)19)6-5-13-10(4)17/h9H,5-6H2,1-4H3,(H,13,17)(H,14,15)(H,18,19). The summed E-state index contributed by atoms with van der Waals surface area (Å²) in [6.07, 6.45) is 0. The number of nitrogens with one attached hydrogen (secondary N) is 2. The van der Waals surface area contributed by atoms with E-state index in [9.17, 15) is 18.0 Å². The fourth-order valence-electron chi connectivity index (χ4n) is 2.03. The van der Waals surface area contributed by atoms with Gasteiger partial charge in [-0.25, -0.2) is 8.42 Å². The number of aliphatic carboxylic acids is 1. The molecule has 1 atom stereocenters. The summed E-state index contributed by atoms with van der Waals surface area (Å²) in [5, 5.41) is 18.0. The van der Waals surface area contributed by atoms with E-state index < -0.39 is 22.0 Å². The second-order valence-corrected chi connectivity index (χ2v) is 6.70. The number of amides is 1. The highest BCUT2D eigenvalue weighted by molar-refractivity contribution is 7.89. The molecular weight excluding hydrogens is 312 g/mol. The first-order valence-corrected chi connectivity index (χ1v) is 8.03.